The molecule has 1 aromatic carbocycles. The number of aliphatic hydroxyl groups excluding tert-OH is 1. The molecule has 1 amide bonds. The Kier molecular flexibility index (Phi) is 5.34. The molecule has 6 heteroatoms. The molecule has 0 aromatic heterocycles. The molecule has 3 aliphatic rings. The van der Waals surface area contributed by atoms with Crippen LogP contribution in [0.1, 0.15) is 42.7 Å². The van der Waals surface area contributed by atoms with Crippen molar-refractivity contribution in [3.8, 4) is 0 Å². The summed E-state index contributed by atoms with van der Waals surface area (Å²) < 4.78 is 0. The standard InChI is InChI=1S/C20H26N2O3S/c23-11-15-5-3-9-22(15)20(25)18-19(26-12-21-18)17(24)10-14-8-7-13-4-1-2-6-16(13)14/h1-2,4,6,14-15,18-19,21,23H,3,5,7-12H2/t14?,15-,18-,19?/m0/s1. The fourth-order valence-electron chi connectivity index (χ4n) is 4.64. The predicted octanol–water partition coefficient (Wildman–Crippen LogP) is 1.69. The number of rotatable bonds is 5. The summed E-state index contributed by atoms with van der Waals surface area (Å²) in [5.41, 5.74) is 2.66. The Balaban J connectivity index is 1.43. The maximum Gasteiger partial charge on any atom is 0.241 e. The van der Waals surface area contributed by atoms with Gasteiger partial charge in [0, 0.05) is 18.8 Å². The van der Waals surface area contributed by atoms with E-state index < -0.39 is 6.04 Å². The van der Waals surface area contributed by atoms with Crippen LogP contribution in [0.4, 0.5) is 0 Å². The van der Waals surface area contributed by atoms with E-state index in [0.29, 0.717) is 18.8 Å². The summed E-state index contributed by atoms with van der Waals surface area (Å²) >= 11 is 1.55. The van der Waals surface area contributed by atoms with Gasteiger partial charge in [-0.25, -0.2) is 0 Å². The number of carbonyl (C=O) groups is 2. The number of hydrogen-bond donors (Lipinski definition) is 2. The van der Waals surface area contributed by atoms with Crippen molar-refractivity contribution in [2.45, 2.75) is 55.4 Å². The number of thioether (sulfide) groups is 1. The van der Waals surface area contributed by atoms with E-state index in [1.165, 1.54) is 11.1 Å². The molecule has 1 aromatic rings. The molecule has 5 nitrogen and oxygen atoms in total. The van der Waals surface area contributed by atoms with E-state index >= 15 is 0 Å². The molecule has 0 bridgehead atoms. The van der Waals surface area contributed by atoms with Gasteiger partial charge in [-0.05, 0) is 42.7 Å². The number of nitrogens with zero attached hydrogens (tertiary/aromatic N) is 1. The summed E-state index contributed by atoms with van der Waals surface area (Å²) in [7, 11) is 0. The molecule has 2 heterocycles. The summed E-state index contributed by atoms with van der Waals surface area (Å²) in [5.74, 6) is 1.08. The van der Waals surface area contributed by atoms with Crippen molar-refractivity contribution >= 4 is 23.5 Å². The van der Waals surface area contributed by atoms with Crippen LogP contribution in [0.25, 0.3) is 0 Å². The maximum atomic E-state index is 13.0. The lowest BCUT2D eigenvalue weighted by atomic mass is 9.93. The lowest BCUT2D eigenvalue weighted by Crippen LogP contribution is -2.52. The molecule has 2 aliphatic heterocycles. The van der Waals surface area contributed by atoms with Gasteiger partial charge in [-0.2, -0.15) is 0 Å². The second-order valence-corrected chi connectivity index (χ2v) is 8.66. The minimum Gasteiger partial charge on any atom is -0.394 e. The number of amides is 1. The summed E-state index contributed by atoms with van der Waals surface area (Å²) in [6.07, 6.45) is 4.35. The first-order valence-electron chi connectivity index (χ1n) is 9.56. The van der Waals surface area contributed by atoms with E-state index in [9.17, 15) is 14.7 Å². The minimum absolute atomic E-state index is 0.00305. The van der Waals surface area contributed by atoms with Gasteiger partial charge in [0.05, 0.1) is 17.9 Å². The summed E-state index contributed by atoms with van der Waals surface area (Å²) in [4.78, 5) is 27.7. The number of benzene rings is 1. The van der Waals surface area contributed by atoms with Crippen molar-refractivity contribution in [3.05, 3.63) is 35.4 Å². The zero-order chi connectivity index (χ0) is 18.1. The zero-order valence-corrected chi connectivity index (χ0v) is 15.7. The van der Waals surface area contributed by atoms with Crippen LogP contribution in [-0.2, 0) is 16.0 Å². The normalized spacial score (nSPS) is 30.6. The van der Waals surface area contributed by atoms with Gasteiger partial charge in [0.15, 0.2) is 0 Å². The van der Waals surface area contributed by atoms with Crippen LogP contribution in [0.3, 0.4) is 0 Å². The smallest absolute Gasteiger partial charge is 0.241 e. The molecule has 0 saturated carbocycles. The zero-order valence-electron chi connectivity index (χ0n) is 14.9. The van der Waals surface area contributed by atoms with Crippen LogP contribution >= 0.6 is 11.8 Å². The molecule has 2 fully saturated rings. The summed E-state index contributed by atoms with van der Waals surface area (Å²) in [6, 6.07) is 7.85. The largest absolute Gasteiger partial charge is 0.394 e. The van der Waals surface area contributed by atoms with Crippen LogP contribution in [0, 0.1) is 0 Å². The van der Waals surface area contributed by atoms with Gasteiger partial charge >= 0.3 is 0 Å². The number of ketones is 1. The van der Waals surface area contributed by atoms with Gasteiger partial charge in [0.1, 0.15) is 11.8 Å². The Morgan fingerprint density at radius 2 is 2.12 bits per heavy atom. The van der Waals surface area contributed by atoms with E-state index in [1.807, 2.05) is 6.07 Å². The minimum atomic E-state index is -0.448. The van der Waals surface area contributed by atoms with E-state index in [4.69, 9.17) is 0 Å². The lowest BCUT2D eigenvalue weighted by Gasteiger charge is -2.28. The lowest BCUT2D eigenvalue weighted by molar-refractivity contribution is -0.136. The van der Waals surface area contributed by atoms with Crippen molar-refractivity contribution < 1.29 is 14.7 Å². The average Bonchev–Trinajstić information content (AvgIpc) is 3.40. The van der Waals surface area contributed by atoms with Gasteiger partial charge in [-0.3, -0.25) is 14.9 Å². The van der Waals surface area contributed by atoms with E-state index in [-0.39, 0.29) is 35.5 Å². The molecule has 0 spiro atoms. The maximum absolute atomic E-state index is 13.0. The first-order valence-corrected chi connectivity index (χ1v) is 10.6. The number of aryl methyl sites for hydroxylation is 1. The molecule has 0 radical (unpaired) electrons. The molecule has 2 N–H and O–H groups in total. The third-order valence-electron chi connectivity index (χ3n) is 6.03. The van der Waals surface area contributed by atoms with Gasteiger partial charge in [0.2, 0.25) is 5.91 Å². The topological polar surface area (TPSA) is 69.6 Å². The Morgan fingerprint density at radius 3 is 2.96 bits per heavy atom. The van der Waals surface area contributed by atoms with E-state index in [0.717, 1.165) is 25.7 Å². The van der Waals surface area contributed by atoms with Gasteiger partial charge < -0.3 is 10.0 Å². The van der Waals surface area contributed by atoms with Crippen LogP contribution < -0.4 is 5.32 Å². The van der Waals surface area contributed by atoms with E-state index in [1.54, 1.807) is 16.7 Å². The fraction of sp³-hybridized carbons (Fsp3) is 0.600. The Labute approximate surface area is 158 Å². The van der Waals surface area contributed by atoms with Crippen molar-refractivity contribution in [2.75, 3.05) is 19.0 Å². The monoisotopic (exact) mass is 374 g/mol. The third-order valence-corrected chi connectivity index (χ3v) is 7.26. The highest BCUT2D eigenvalue weighted by Crippen LogP contribution is 2.37. The van der Waals surface area contributed by atoms with E-state index in [2.05, 4.69) is 23.5 Å². The van der Waals surface area contributed by atoms with Gasteiger partial charge in [-0.1, -0.05) is 24.3 Å². The van der Waals surface area contributed by atoms with Gasteiger partial charge in [-0.15, -0.1) is 11.8 Å². The van der Waals surface area contributed by atoms with Crippen molar-refractivity contribution in [1.82, 2.24) is 10.2 Å². The van der Waals surface area contributed by atoms with Crippen LogP contribution in [0.5, 0.6) is 0 Å². The highest BCUT2D eigenvalue weighted by atomic mass is 32.2. The second kappa shape index (κ2) is 7.71. The van der Waals surface area contributed by atoms with Crippen LogP contribution in [0.15, 0.2) is 24.3 Å². The number of aliphatic hydroxyl groups is 1. The highest BCUT2D eigenvalue weighted by molar-refractivity contribution is 8.00. The number of fused-ring (bicyclic) bond motifs is 1. The first kappa shape index (κ1) is 18.0. The second-order valence-electron chi connectivity index (χ2n) is 7.53. The van der Waals surface area contributed by atoms with Crippen molar-refractivity contribution in [1.29, 1.82) is 0 Å². The fourth-order valence-corrected chi connectivity index (χ4v) is 5.78. The molecule has 140 valence electrons. The Hall–Kier alpha value is -1.37. The number of nitrogens with one attached hydrogen (secondary N) is 1. The third kappa shape index (κ3) is 3.30. The number of likely N-dealkylation sites (tertiary alicyclic amines) is 1. The predicted molar refractivity (Wildman–Crippen MR) is 102 cm³/mol. The Bertz CT molecular complexity index is 695. The summed E-state index contributed by atoms with van der Waals surface area (Å²) in [6.45, 7) is 0.687. The SMILES string of the molecule is O=C(CC1CCc2ccccc21)C1SCN[C@@H]1C(=O)N1CCC[C@H]1CO. The molecular formula is C20H26N2O3S. The quantitative estimate of drug-likeness (QED) is 0.821. The van der Waals surface area contributed by atoms with Gasteiger partial charge in [0.25, 0.3) is 0 Å². The number of hydrogen-bond acceptors (Lipinski definition) is 5. The van der Waals surface area contributed by atoms with Crippen molar-refractivity contribution in [3.63, 3.8) is 0 Å². The van der Waals surface area contributed by atoms with Crippen molar-refractivity contribution in [2.24, 2.45) is 0 Å². The van der Waals surface area contributed by atoms with Crippen LogP contribution in [0.2, 0.25) is 0 Å². The number of Topliss-reactive ketones (excluding diaryl/α,β-unsaturated/α-hetero) is 1. The number of carbonyl (C=O) groups excluding carboxylic acids is 2. The molecule has 4 rings (SSSR count). The molecule has 2 unspecified atom stereocenters. The Morgan fingerprint density at radius 1 is 1.27 bits per heavy atom. The molecule has 2 saturated heterocycles. The molecule has 26 heavy (non-hydrogen) atoms. The molecule has 4 atom stereocenters. The highest BCUT2D eigenvalue weighted by Gasteiger charge is 2.43. The average molecular weight is 375 g/mol. The summed E-state index contributed by atoms with van der Waals surface area (Å²) in [5, 5.41) is 12.4. The van der Waals surface area contributed by atoms with Crippen LogP contribution in [-0.4, -0.2) is 58.1 Å². The molecule has 1 aliphatic carbocycles. The first-order chi connectivity index (χ1) is 12.7. The molecular weight excluding hydrogens is 348 g/mol.